The molecule has 0 saturated heterocycles. The van der Waals surface area contributed by atoms with E-state index in [1.54, 1.807) is 0 Å². The molecule has 0 spiro atoms. The Kier molecular flexibility index (Phi) is 9.45. The summed E-state index contributed by atoms with van der Waals surface area (Å²) in [7, 11) is 0. The van der Waals surface area contributed by atoms with Crippen molar-refractivity contribution in [2.75, 3.05) is 6.61 Å². The average Bonchev–Trinajstić information content (AvgIpc) is 2.45. The molecule has 0 heterocycles. The Morgan fingerprint density at radius 2 is 1.86 bits per heavy atom. The van der Waals surface area contributed by atoms with Crippen molar-refractivity contribution in [2.24, 2.45) is 5.73 Å². The van der Waals surface area contributed by atoms with Gasteiger partial charge in [0.25, 0.3) is 0 Å². The summed E-state index contributed by atoms with van der Waals surface area (Å²) in [4.78, 5) is 0. The molecule has 1 aromatic carbocycles. The molecule has 0 fully saturated rings. The minimum Gasteiger partial charge on any atom is -0.492 e. The van der Waals surface area contributed by atoms with Crippen molar-refractivity contribution in [3.05, 3.63) is 28.3 Å². The molecule has 0 aliphatic heterocycles. The van der Waals surface area contributed by atoms with Crippen molar-refractivity contribution >= 4 is 24.0 Å². The van der Waals surface area contributed by atoms with Crippen LogP contribution < -0.4 is 10.5 Å². The predicted octanol–water partition coefficient (Wildman–Crippen LogP) is 5.52. The third-order valence-corrected chi connectivity index (χ3v) is 4.52. The normalized spacial score (nSPS) is 12.7. The quantitative estimate of drug-likeness (QED) is 0.671. The van der Waals surface area contributed by atoms with Crippen LogP contribution >= 0.6 is 24.0 Å². The van der Waals surface area contributed by atoms with Crippen LogP contribution in [0, 0.1) is 0 Å². The number of rotatable bonds is 8. The fourth-order valence-corrected chi connectivity index (χ4v) is 2.48. The Bertz CT molecular complexity index is 461. The van der Waals surface area contributed by atoms with Gasteiger partial charge < -0.3 is 10.5 Å². The van der Waals surface area contributed by atoms with E-state index in [2.05, 4.69) is 46.8 Å². The van der Waals surface area contributed by atoms with Crippen molar-refractivity contribution in [1.82, 2.24) is 0 Å². The third-order valence-electron chi connectivity index (χ3n) is 4.24. The summed E-state index contributed by atoms with van der Waals surface area (Å²) in [6.07, 6.45) is 3.80. The highest BCUT2D eigenvalue weighted by atomic mass is 35.5. The van der Waals surface area contributed by atoms with E-state index in [-0.39, 0.29) is 23.9 Å². The van der Waals surface area contributed by atoms with E-state index < -0.39 is 0 Å². The molecule has 2 nitrogen and oxygen atoms in total. The summed E-state index contributed by atoms with van der Waals surface area (Å²) in [5.74, 6) is 0.818. The third kappa shape index (κ3) is 5.64. The van der Waals surface area contributed by atoms with E-state index in [0.29, 0.717) is 11.6 Å². The van der Waals surface area contributed by atoms with Gasteiger partial charge in [0.15, 0.2) is 0 Å². The maximum Gasteiger partial charge on any atom is 0.141 e. The Morgan fingerprint density at radius 3 is 2.36 bits per heavy atom. The summed E-state index contributed by atoms with van der Waals surface area (Å²) in [5, 5.41) is 0.709. The second-order valence-corrected chi connectivity index (χ2v) is 6.81. The molecule has 128 valence electrons. The maximum absolute atomic E-state index is 6.49. The first-order valence-electron chi connectivity index (χ1n) is 8.06. The van der Waals surface area contributed by atoms with Gasteiger partial charge in [-0.3, -0.25) is 0 Å². The molecule has 1 unspecified atom stereocenters. The van der Waals surface area contributed by atoms with Crippen LogP contribution in [0.15, 0.2) is 12.1 Å². The monoisotopic (exact) mass is 347 g/mol. The molecule has 4 heteroatoms. The van der Waals surface area contributed by atoms with E-state index >= 15 is 0 Å². The number of halogens is 2. The van der Waals surface area contributed by atoms with Crippen molar-refractivity contribution < 1.29 is 4.74 Å². The minimum absolute atomic E-state index is 0. The molecule has 1 atom stereocenters. The van der Waals surface area contributed by atoms with Crippen LogP contribution in [-0.2, 0) is 11.8 Å². The van der Waals surface area contributed by atoms with Crippen LogP contribution in [0.4, 0.5) is 0 Å². The molecule has 22 heavy (non-hydrogen) atoms. The lowest BCUT2D eigenvalue weighted by atomic mass is 9.81. The topological polar surface area (TPSA) is 35.2 Å². The molecule has 0 bridgehead atoms. The lowest BCUT2D eigenvalue weighted by Gasteiger charge is -2.26. The highest BCUT2D eigenvalue weighted by molar-refractivity contribution is 6.32. The molecule has 0 radical (unpaired) electrons. The number of nitrogens with two attached hydrogens (primary N) is 1. The summed E-state index contributed by atoms with van der Waals surface area (Å²) >= 11 is 6.49. The predicted molar refractivity (Wildman–Crippen MR) is 99.8 cm³/mol. The first-order chi connectivity index (χ1) is 9.85. The van der Waals surface area contributed by atoms with Crippen molar-refractivity contribution in [2.45, 2.75) is 71.8 Å². The van der Waals surface area contributed by atoms with Gasteiger partial charge in [-0.2, -0.15) is 0 Å². The van der Waals surface area contributed by atoms with Crippen LogP contribution in [0.2, 0.25) is 5.02 Å². The summed E-state index contributed by atoms with van der Waals surface area (Å²) < 4.78 is 5.88. The molecule has 0 aliphatic rings. The van der Waals surface area contributed by atoms with Gasteiger partial charge in [0, 0.05) is 6.04 Å². The summed E-state index contributed by atoms with van der Waals surface area (Å²) in [6.45, 7) is 11.6. The van der Waals surface area contributed by atoms with Gasteiger partial charge in [0.2, 0.25) is 0 Å². The summed E-state index contributed by atoms with van der Waals surface area (Å²) in [5.41, 5.74) is 8.66. The second kappa shape index (κ2) is 9.64. The van der Waals surface area contributed by atoms with Crippen LogP contribution in [0.3, 0.4) is 0 Å². The van der Waals surface area contributed by atoms with Crippen LogP contribution in [0.25, 0.3) is 0 Å². The minimum atomic E-state index is 0. The van der Waals surface area contributed by atoms with E-state index in [0.717, 1.165) is 37.0 Å². The average molecular weight is 348 g/mol. The lowest BCUT2D eigenvalue weighted by molar-refractivity contribution is 0.313. The summed E-state index contributed by atoms with van der Waals surface area (Å²) in [6, 6.07) is 4.43. The Balaban J connectivity index is 0.00000441. The fraction of sp³-hybridized carbons (Fsp3) is 0.667. The largest absolute Gasteiger partial charge is 0.492 e. The van der Waals surface area contributed by atoms with Gasteiger partial charge in [-0.25, -0.2) is 0 Å². The van der Waals surface area contributed by atoms with Gasteiger partial charge in [-0.1, -0.05) is 52.3 Å². The fourth-order valence-electron chi connectivity index (χ4n) is 2.19. The van der Waals surface area contributed by atoms with Gasteiger partial charge in [-0.15, -0.1) is 12.4 Å². The lowest BCUT2D eigenvalue weighted by Crippen LogP contribution is -2.23. The first-order valence-corrected chi connectivity index (χ1v) is 8.44. The number of benzene rings is 1. The van der Waals surface area contributed by atoms with E-state index in [1.807, 2.05) is 0 Å². The Labute approximate surface area is 147 Å². The number of hydrogen-bond donors (Lipinski definition) is 1. The first kappa shape index (κ1) is 21.6. The van der Waals surface area contributed by atoms with Crippen molar-refractivity contribution in [1.29, 1.82) is 0 Å². The molecule has 1 rings (SSSR count). The van der Waals surface area contributed by atoms with Gasteiger partial charge >= 0.3 is 0 Å². The zero-order chi connectivity index (χ0) is 16.0. The molecular weight excluding hydrogens is 317 g/mol. The molecule has 0 aliphatic carbocycles. The SMILES string of the molecule is CCCOc1c(Cl)cc(C(C)(C)CC)cc1CC(N)CC.Cl. The molecular formula is C18H31Cl2NO. The van der Waals surface area contributed by atoms with Gasteiger partial charge in [0.1, 0.15) is 5.75 Å². The molecule has 0 saturated carbocycles. The Morgan fingerprint density at radius 1 is 1.23 bits per heavy atom. The highest BCUT2D eigenvalue weighted by Crippen LogP contribution is 2.37. The Hall–Kier alpha value is -0.440. The van der Waals surface area contributed by atoms with E-state index in [1.165, 1.54) is 5.56 Å². The molecule has 1 aromatic rings. The van der Waals surface area contributed by atoms with Gasteiger partial charge in [-0.05, 0) is 48.3 Å². The highest BCUT2D eigenvalue weighted by Gasteiger charge is 2.22. The second-order valence-electron chi connectivity index (χ2n) is 6.40. The van der Waals surface area contributed by atoms with E-state index in [9.17, 15) is 0 Å². The number of hydrogen-bond acceptors (Lipinski definition) is 2. The number of ether oxygens (including phenoxy) is 1. The standard InChI is InChI=1S/C18H30ClNO.ClH/c1-6-9-21-17-13(11-15(20)7-2)10-14(12-16(17)19)18(4,5)8-3;/h10,12,15H,6-9,11,20H2,1-5H3;1H. The van der Waals surface area contributed by atoms with Crippen LogP contribution in [0.5, 0.6) is 5.75 Å². The molecule has 2 N–H and O–H groups in total. The molecule has 0 amide bonds. The smallest absolute Gasteiger partial charge is 0.141 e. The zero-order valence-electron chi connectivity index (χ0n) is 14.5. The maximum atomic E-state index is 6.49. The van der Waals surface area contributed by atoms with Crippen LogP contribution in [-0.4, -0.2) is 12.6 Å². The molecule has 0 aromatic heterocycles. The van der Waals surface area contributed by atoms with Gasteiger partial charge in [0.05, 0.1) is 11.6 Å². The van der Waals surface area contributed by atoms with Crippen molar-refractivity contribution in [3.63, 3.8) is 0 Å². The van der Waals surface area contributed by atoms with Crippen LogP contribution in [0.1, 0.15) is 65.0 Å². The van der Waals surface area contributed by atoms with E-state index in [4.69, 9.17) is 22.1 Å². The zero-order valence-corrected chi connectivity index (χ0v) is 16.1. The van der Waals surface area contributed by atoms with Crippen molar-refractivity contribution in [3.8, 4) is 5.75 Å².